The van der Waals surface area contributed by atoms with Gasteiger partial charge in [-0.05, 0) is 130 Å². The number of pyridine rings is 4. The number of anilines is 1. The van der Waals surface area contributed by atoms with Crippen molar-refractivity contribution in [2.24, 2.45) is 5.92 Å². The molecule has 8 atom stereocenters. The first-order chi connectivity index (χ1) is 54.6. The van der Waals surface area contributed by atoms with Gasteiger partial charge in [-0.25, -0.2) is 9.59 Å². The molecular weight excluding hydrogens is 1700 g/mol. The van der Waals surface area contributed by atoms with Crippen LogP contribution in [-0.4, -0.2) is 205 Å². The van der Waals surface area contributed by atoms with Gasteiger partial charge in [-0.15, -0.1) is 40.5 Å². The molecule has 3 aliphatic rings. The van der Waals surface area contributed by atoms with E-state index in [9.17, 15) is 29.1 Å². The number of methoxy groups -OCH3 is 2. The minimum Gasteiger partial charge on any atom is -0.495 e. The van der Waals surface area contributed by atoms with Crippen LogP contribution in [0.1, 0.15) is 106 Å². The molecule has 2 saturated heterocycles. The number of fused-ring (bicyclic) bond motifs is 5. The summed E-state index contributed by atoms with van der Waals surface area (Å²) >= 11 is 6.87. The first-order valence-electron chi connectivity index (χ1n) is 35.6. The Hall–Kier alpha value is -9.89. The zero-order valence-corrected chi connectivity index (χ0v) is 74.1. The molecule has 7 heterocycles. The average Bonchev–Trinajstić information content (AvgIpc) is 1.57. The number of epoxide rings is 1. The number of carbonyl (C=O) groups is 5. The standard InChI is InChI=1S/C74H91ClN10O12S2.4HNO3.2Zn/c1-50-20-19-25-64(93-8)74(91)43-63(95-72(90)81-74)51(2)70-73(4,97-70)65(42-68(88)83(6)61-40-53(36-50)41-62(92-7)69(61)75)96-71(89)52(3)82(5)67(87)27-35-99-98-34-26-66(86)80-32-17-18-33-94-60-38-54(44-84(46-56-21-9-13-28-76-56)47-57-22-10-14-29-77-57)37-55(39-60)45-85(48-58-23-11-15-30-78-58)49-59-24-12-16-31-79-59;4*2-1(3)4;;/h9-16,19-25,28-31,37-41,51-52,63-65,70,91H,17-18,26-27,32-36,42-49H2,1-8H3,(H,80,86)(H,81,90);4*(H,2,3,4);;/b25-19+,50-20+;;;;;;/t51-,52+,63?,64-,65?,70?,73+,74+;;;;;;/m0....../s1. The summed E-state index contributed by atoms with van der Waals surface area (Å²) in [6.45, 7) is 11.7. The molecule has 3 unspecified atom stereocenters. The molecule has 2 fully saturated rings. The molecule has 4 aromatic heterocycles. The molecule has 4 amide bonds. The number of esters is 1. The fraction of sp³-hybridized carbons (Fsp3) is 0.446. The molecule has 38 nitrogen and oxygen atoms in total. The predicted molar refractivity (Wildman–Crippen MR) is 417 cm³/mol. The second kappa shape index (κ2) is 52.0. The van der Waals surface area contributed by atoms with E-state index < -0.39 is 86.0 Å². The number of rotatable bonds is 30. The maximum absolute atomic E-state index is 14.5. The van der Waals surface area contributed by atoms with Crippen molar-refractivity contribution in [3.8, 4) is 11.5 Å². The number of nitrogens with zero attached hydrogens (tertiary/aromatic N) is 12. The number of benzene rings is 2. The molecule has 0 radical (unpaired) electrons. The predicted octanol–water partition coefficient (Wildman–Crippen LogP) is 9.24. The van der Waals surface area contributed by atoms with E-state index in [-0.39, 0.29) is 75.1 Å². The molecule has 628 valence electrons. The number of halogens is 1. The van der Waals surface area contributed by atoms with E-state index in [0.717, 1.165) is 50.8 Å². The summed E-state index contributed by atoms with van der Waals surface area (Å²) in [6.07, 6.45) is 9.69. The summed E-state index contributed by atoms with van der Waals surface area (Å²) in [6, 6.07) is 32.8. The van der Waals surface area contributed by atoms with E-state index in [1.54, 1.807) is 52.1 Å². The van der Waals surface area contributed by atoms with Crippen LogP contribution in [-0.2, 0) is 123 Å². The summed E-state index contributed by atoms with van der Waals surface area (Å²) in [4.78, 5) is 128. The van der Waals surface area contributed by atoms with Gasteiger partial charge in [-0.2, -0.15) is 0 Å². The molecule has 7 N–H and O–H groups in total. The van der Waals surface area contributed by atoms with E-state index in [2.05, 4.69) is 58.6 Å². The molecule has 4 bridgehead atoms. The number of aliphatic hydroxyl groups is 1. The number of hydrogen-bond donors (Lipinski definition) is 7. The molecule has 0 spiro atoms. The third kappa shape index (κ3) is 36.7. The minimum absolute atomic E-state index is 0. The Labute approximate surface area is 712 Å². The number of likely N-dealkylation sites (N-methyl/N-ethyl adjacent to an activating group) is 1. The van der Waals surface area contributed by atoms with Crippen LogP contribution in [0.3, 0.4) is 0 Å². The number of nitrogens with one attached hydrogen (secondary N) is 2. The zero-order chi connectivity index (χ0) is 84.8. The van der Waals surface area contributed by atoms with E-state index in [0.29, 0.717) is 101 Å². The van der Waals surface area contributed by atoms with Crippen LogP contribution in [0.25, 0.3) is 0 Å². The van der Waals surface area contributed by atoms with Gasteiger partial charge in [0.1, 0.15) is 46.5 Å². The first kappa shape index (κ1) is 101. The van der Waals surface area contributed by atoms with Crippen LogP contribution < -0.4 is 25.0 Å². The van der Waals surface area contributed by atoms with Gasteiger partial charge in [0.05, 0.1) is 54.7 Å². The molecule has 6 aromatic rings. The van der Waals surface area contributed by atoms with E-state index in [1.807, 2.05) is 111 Å². The second-order valence-electron chi connectivity index (χ2n) is 26.5. The van der Waals surface area contributed by atoms with Gasteiger partial charge in [0.2, 0.25) is 17.7 Å². The van der Waals surface area contributed by atoms with E-state index >= 15 is 0 Å². The minimum atomic E-state index is -1.87. The molecule has 117 heavy (non-hydrogen) atoms. The largest absolute Gasteiger partial charge is 0.495 e. The number of allylic oxidation sites excluding steroid dienone is 3. The van der Waals surface area contributed by atoms with Crippen LogP contribution in [0.2, 0.25) is 5.02 Å². The Morgan fingerprint density at radius 1 is 0.752 bits per heavy atom. The Morgan fingerprint density at radius 2 is 1.24 bits per heavy atom. The average molecular weight is 1800 g/mol. The topological polar surface area (TPSA) is 506 Å². The number of amides is 4. The maximum Gasteiger partial charge on any atom is 0.409 e. The zero-order valence-electron chi connectivity index (χ0n) is 65.8. The summed E-state index contributed by atoms with van der Waals surface area (Å²) in [5.41, 5.74) is 4.92. The molecule has 3 aliphatic heterocycles. The Morgan fingerprint density at radius 3 is 1.70 bits per heavy atom. The van der Waals surface area contributed by atoms with Crippen LogP contribution in [0.15, 0.2) is 152 Å². The van der Waals surface area contributed by atoms with Gasteiger partial charge >= 0.3 is 12.1 Å². The number of unbranched alkanes of at least 4 members (excludes halogenated alkanes) is 1. The Balaban J connectivity index is 0.00000180. The van der Waals surface area contributed by atoms with Gasteiger partial charge < -0.3 is 69.5 Å². The van der Waals surface area contributed by atoms with Gasteiger partial charge in [-0.3, -0.25) is 49.4 Å². The third-order valence-electron chi connectivity index (χ3n) is 17.9. The number of hydrogen-bond acceptors (Lipinski definition) is 28. The van der Waals surface area contributed by atoms with Crippen LogP contribution in [0, 0.1) is 46.4 Å². The van der Waals surface area contributed by atoms with Gasteiger partial charge in [0.25, 0.3) is 20.3 Å². The molecule has 0 aliphatic carbocycles. The molecule has 9 rings (SSSR count). The number of aromatic nitrogens is 4. The van der Waals surface area contributed by atoms with Crippen molar-refractivity contribution >= 4 is 68.7 Å². The molecule has 0 saturated carbocycles. The van der Waals surface area contributed by atoms with Crippen molar-refractivity contribution in [2.45, 2.75) is 154 Å². The van der Waals surface area contributed by atoms with Crippen molar-refractivity contribution in [2.75, 3.05) is 57.9 Å². The third-order valence-corrected chi connectivity index (χ3v) is 20.7. The number of ether oxygens (including phenoxy) is 6. The van der Waals surface area contributed by atoms with Crippen molar-refractivity contribution in [3.05, 3.63) is 237 Å². The van der Waals surface area contributed by atoms with Crippen LogP contribution in [0.4, 0.5) is 10.5 Å². The van der Waals surface area contributed by atoms with E-state index in [4.69, 9.17) is 101 Å². The summed E-state index contributed by atoms with van der Waals surface area (Å²) < 4.78 is 36.2. The van der Waals surface area contributed by atoms with Crippen molar-refractivity contribution in [1.82, 2.24) is 45.3 Å². The first-order valence-corrected chi connectivity index (χ1v) is 38.5. The Kier molecular flexibility index (Phi) is 45.0. The summed E-state index contributed by atoms with van der Waals surface area (Å²) in [5, 5.41) is 72.3. The van der Waals surface area contributed by atoms with Crippen molar-refractivity contribution in [3.63, 3.8) is 0 Å². The van der Waals surface area contributed by atoms with Crippen LogP contribution in [0.5, 0.6) is 11.5 Å². The second-order valence-corrected chi connectivity index (χ2v) is 29.5. The summed E-state index contributed by atoms with van der Waals surface area (Å²) in [7, 11) is 8.96. The summed E-state index contributed by atoms with van der Waals surface area (Å²) in [5.74, 6) is -0.134. The fourth-order valence-corrected chi connectivity index (χ4v) is 14.5. The normalized spacial score (nSPS) is 19.5. The monoisotopic (exact) mass is 1790 g/mol. The molecule has 2 aromatic carbocycles. The molecule has 43 heteroatoms. The smallest absolute Gasteiger partial charge is 0.409 e. The van der Waals surface area contributed by atoms with Crippen molar-refractivity contribution < 1.29 is 138 Å². The number of alkyl carbamates (subject to hydrolysis) is 1. The SMILES string of the molecule is COc1cc2cc(c1Cl)N(C)C(=O)CC(OC(=O)[C@@H](C)N(C)C(=O)CCSSCCC(=O)NCCCCOc1cc(CN(Cc3ccccn3)Cc3ccccn3)cc(CN(Cc3ccccn3)Cc3ccccn3)c1)[C@@]1(C)OC1[C@@H](C)C1C[C@](O)(NC(=O)O1)[C@@H](OC)/C=C/C=C(\C)C2.O=[N+]([O-])O.O=[N+]([O-])O.O=[N+]([O-])O.O=[N+]([O-])O.[Zn].[Zn]. The maximum atomic E-state index is 14.5. The van der Waals surface area contributed by atoms with Crippen LogP contribution >= 0.6 is 33.2 Å². The van der Waals surface area contributed by atoms with Gasteiger partial charge in [0, 0.05) is 167 Å². The molecular formula is C74H95ClN14O24S2Zn2. The fourth-order valence-electron chi connectivity index (χ4n) is 12.2. The quantitative estimate of drug-likeness (QED) is 0.00420. The number of carbonyl (C=O) groups excluding carboxylic acids is 5. The van der Waals surface area contributed by atoms with Gasteiger partial charge in [-0.1, -0.05) is 94.2 Å². The van der Waals surface area contributed by atoms with Gasteiger partial charge in [0.15, 0.2) is 5.72 Å². The van der Waals surface area contributed by atoms with E-state index in [1.165, 1.54) is 52.7 Å². The van der Waals surface area contributed by atoms with Crippen molar-refractivity contribution in [1.29, 1.82) is 0 Å². The Bertz CT molecular complexity index is 3960.